The summed E-state index contributed by atoms with van der Waals surface area (Å²) >= 11 is 0. The lowest BCUT2D eigenvalue weighted by Crippen LogP contribution is -2.33. The zero-order chi connectivity index (χ0) is 13.8. The monoisotopic (exact) mass is 267 g/mol. The number of hydrogen-bond donors (Lipinski definition) is 1. The van der Waals surface area contributed by atoms with E-state index in [1.165, 1.54) is 30.4 Å². The molecule has 2 N–H and O–H groups in total. The van der Waals surface area contributed by atoms with E-state index in [4.69, 9.17) is 5.73 Å². The highest BCUT2D eigenvalue weighted by Crippen LogP contribution is 2.31. The first-order valence-electron chi connectivity index (χ1n) is 7.32. The fourth-order valence-corrected chi connectivity index (χ4v) is 2.99. The van der Waals surface area contributed by atoms with E-state index >= 15 is 0 Å². The Bertz CT molecular complexity index is 536. The fourth-order valence-electron chi connectivity index (χ4n) is 2.99. The van der Waals surface area contributed by atoms with Gasteiger partial charge < -0.3 is 5.73 Å². The molecule has 3 heteroatoms. The molecule has 3 nitrogen and oxygen atoms in total. The van der Waals surface area contributed by atoms with Crippen molar-refractivity contribution in [2.75, 3.05) is 12.3 Å². The highest BCUT2D eigenvalue weighted by atomic mass is 15.2. The number of nitrogens with zero attached hydrogens (tertiary/aromatic N) is 2. The third-order valence-corrected chi connectivity index (χ3v) is 4.04. The highest BCUT2D eigenvalue weighted by molar-refractivity contribution is 5.31. The quantitative estimate of drug-likeness (QED) is 0.927. The molecule has 1 aromatic carbocycles. The summed E-state index contributed by atoms with van der Waals surface area (Å²) in [6.07, 6.45) is 5.72. The van der Waals surface area contributed by atoms with Crippen LogP contribution in [0.3, 0.4) is 0 Å². The van der Waals surface area contributed by atoms with E-state index in [1.807, 2.05) is 12.3 Å². The van der Waals surface area contributed by atoms with E-state index in [0.29, 0.717) is 11.9 Å². The summed E-state index contributed by atoms with van der Waals surface area (Å²) in [4.78, 5) is 6.81. The predicted molar refractivity (Wildman–Crippen MR) is 82.1 cm³/mol. The summed E-state index contributed by atoms with van der Waals surface area (Å²) in [5.74, 6) is 0.596. The molecular weight excluding hydrogens is 246 g/mol. The molecule has 0 aliphatic carbocycles. The van der Waals surface area contributed by atoms with Gasteiger partial charge in [0, 0.05) is 18.8 Å². The van der Waals surface area contributed by atoms with Gasteiger partial charge in [-0.25, -0.2) is 4.98 Å². The van der Waals surface area contributed by atoms with Crippen molar-refractivity contribution < 1.29 is 0 Å². The van der Waals surface area contributed by atoms with Crippen LogP contribution in [0.4, 0.5) is 5.82 Å². The van der Waals surface area contributed by atoms with Crippen LogP contribution in [-0.2, 0) is 6.54 Å². The Morgan fingerprint density at radius 1 is 1.10 bits per heavy atom. The number of piperidine rings is 1. The van der Waals surface area contributed by atoms with E-state index in [9.17, 15) is 0 Å². The van der Waals surface area contributed by atoms with Crippen LogP contribution in [0.15, 0.2) is 48.7 Å². The van der Waals surface area contributed by atoms with E-state index in [-0.39, 0.29) is 0 Å². The first kappa shape index (κ1) is 13.1. The van der Waals surface area contributed by atoms with Crippen LogP contribution in [0.1, 0.15) is 36.4 Å². The Morgan fingerprint density at radius 2 is 1.95 bits per heavy atom. The van der Waals surface area contributed by atoms with E-state index < -0.39 is 0 Å². The Hall–Kier alpha value is -1.87. The van der Waals surface area contributed by atoms with Crippen LogP contribution >= 0.6 is 0 Å². The van der Waals surface area contributed by atoms with Crippen molar-refractivity contribution in [1.29, 1.82) is 0 Å². The molecule has 1 atom stereocenters. The van der Waals surface area contributed by atoms with E-state index in [2.05, 4.69) is 46.3 Å². The van der Waals surface area contributed by atoms with E-state index in [1.54, 1.807) is 0 Å². The molecule has 2 aromatic rings. The van der Waals surface area contributed by atoms with Gasteiger partial charge in [-0.2, -0.15) is 0 Å². The molecule has 0 saturated carbocycles. The number of nitrogens with two attached hydrogens (primary N) is 1. The minimum absolute atomic E-state index is 0.469. The summed E-state index contributed by atoms with van der Waals surface area (Å²) in [7, 11) is 0. The first-order chi connectivity index (χ1) is 9.83. The molecule has 104 valence electrons. The Labute approximate surface area is 120 Å². The normalized spacial score (nSPS) is 19.9. The van der Waals surface area contributed by atoms with Gasteiger partial charge in [0.05, 0.1) is 0 Å². The van der Waals surface area contributed by atoms with Crippen LogP contribution in [0.5, 0.6) is 0 Å². The SMILES string of the molecule is Nc1ccc(C2CCCCN2Cc2ccccc2)cn1. The molecule has 1 fully saturated rings. The zero-order valence-electron chi connectivity index (χ0n) is 11.7. The molecular formula is C17H21N3. The van der Waals surface area contributed by atoms with Crippen LogP contribution < -0.4 is 5.73 Å². The van der Waals surface area contributed by atoms with Gasteiger partial charge in [-0.05, 0) is 36.6 Å². The third kappa shape index (κ3) is 2.99. The number of benzene rings is 1. The van der Waals surface area contributed by atoms with Crippen molar-refractivity contribution >= 4 is 5.82 Å². The van der Waals surface area contributed by atoms with Crippen LogP contribution in [0.2, 0.25) is 0 Å². The molecule has 0 radical (unpaired) electrons. The van der Waals surface area contributed by atoms with Gasteiger partial charge >= 0.3 is 0 Å². The van der Waals surface area contributed by atoms with Crippen molar-refractivity contribution in [3.63, 3.8) is 0 Å². The second-order valence-electron chi connectivity index (χ2n) is 5.48. The van der Waals surface area contributed by atoms with Crippen LogP contribution in [0.25, 0.3) is 0 Å². The van der Waals surface area contributed by atoms with Crippen molar-refractivity contribution in [2.24, 2.45) is 0 Å². The van der Waals surface area contributed by atoms with Crippen molar-refractivity contribution in [1.82, 2.24) is 9.88 Å². The van der Waals surface area contributed by atoms with Gasteiger partial charge in [0.1, 0.15) is 5.82 Å². The summed E-state index contributed by atoms with van der Waals surface area (Å²) in [6, 6.07) is 15.2. The van der Waals surface area contributed by atoms with Gasteiger partial charge in [0.25, 0.3) is 0 Å². The number of pyridine rings is 1. The molecule has 1 aromatic heterocycles. The van der Waals surface area contributed by atoms with Gasteiger partial charge in [-0.3, -0.25) is 4.90 Å². The average molecular weight is 267 g/mol. The lowest BCUT2D eigenvalue weighted by Gasteiger charge is -2.36. The smallest absolute Gasteiger partial charge is 0.123 e. The van der Waals surface area contributed by atoms with Gasteiger partial charge in [0.15, 0.2) is 0 Å². The molecule has 20 heavy (non-hydrogen) atoms. The second kappa shape index (κ2) is 6.06. The largest absolute Gasteiger partial charge is 0.384 e. The first-order valence-corrected chi connectivity index (χ1v) is 7.32. The minimum Gasteiger partial charge on any atom is -0.384 e. The summed E-state index contributed by atoms with van der Waals surface area (Å²) < 4.78 is 0. The molecule has 3 rings (SSSR count). The molecule has 0 amide bonds. The molecule has 0 spiro atoms. The molecule has 1 saturated heterocycles. The third-order valence-electron chi connectivity index (χ3n) is 4.04. The van der Waals surface area contributed by atoms with Crippen molar-refractivity contribution in [3.8, 4) is 0 Å². The Morgan fingerprint density at radius 3 is 2.70 bits per heavy atom. The summed E-state index contributed by atoms with van der Waals surface area (Å²) in [6.45, 7) is 2.17. The van der Waals surface area contributed by atoms with Crippen molar-refractivity contribution in [2.45, 2.75) is 31.8 Å². The maximum absolute atomic E-state index is 5.69. The van der Waals surface area contributed by atoms with Crippen LogP contribution in [0, 0.1) is 0 Å². The maximum atomic E-state index is 5.69. The van der Waals surface area contributed by atoms with Gasteiger partial charge in [0.2, 0.25) is 0 Å². The summed E-state index contributed by atoms with van der Waals surface area (Å²) in [5.41, 5.74) is 8.35. The highest BCUT2D eigenvalue weighted by Gasteiger charge is 2.24. The molecule has 1 unspecified atom stereocenters. The standard InChI is InChI=1S/C17H21N3/c18-17-10-9-15(12-19-17)16-8-4-5-11-20(16)13-14-6-2-1-3-7-14/h1-3,6-7,9-10,12,16H,4-5,8,11,13H2,(H2,18,19). The number of likely N-dealkylation sites (tertiary alicyclic amines) is 1. The number of aromatic nitrogens is 1. The second-order valence-corrected chi connectivity index (χ2v) is 5.48. The van der Waals surface area contributed by atoms with Crippen LogP contribution in [-0.4, -0.2) is 16.4 Å². The molecule has 0 bridgehead atoms. The Balaban J connectivity index is 1.78. The zero-order valence-corrected chi connectivity index (χ0v) is 11.7. The predicted octanol–water partition coefficient (Wildman–Crippen LogP) is 3.39. The molecule has 1 aliphatic heterocycles. The number of nitrogen functional groups attached to an aromatic ring is 1. The lowest BCUT2D eigenvalue weighted by molar-refractivity contribution is 0.140. The van der Waals surface area contributed by atoms with Gasteiger partial charge in [-0.15, -0.1) is 0 Å². The molecule has 2 heterocycles. The minimum atomic E-state index is 0.469. The topological polar surface area (TPSA) is 42.1 Å². The van der Waals surface area contributed by atoms with E-state index in [0.717, 1.165) is 13.1 Å². The maximum Gasteiger partial charge on any atom is 0.123 e. The lowest BCUT2D eigenvalue weighted by atomic mass is 9.95. The number of rotatable bonds is 3. The van der Waals surface area contributed by atoms with Gasteiger partial charge in [-0.1, -0.05) is 42.8 Å². The molecule has 1 aliphatic rings. The number of hydrogen-bond acceptors (Lipinski definition) is 3. The van der Waals surface area contributed by atoms with Crippen molar-refractivity contribution in [3.05, 3.63) is 59.8 Å². The Kier molecular flexibility index (Phi) is 3.97. The fraction of sp³-hybridized carbons (Fsp3) is 0.353. The summed E-state index contributed by atoms with van der Waals surface area (Å²) in [5, 5.41) is 0. The average Bonchev–Trinajstić information content (AvgIpc) is 2.50. The number of anilines is 1.